The highest BCUT2D eigenvalue weighted by molar-refractivity contribution is 7.89. The molecule has 1 amide bonds. The van der Waals surface area contributed by atoms with Crippen molar-refractivity contribution in [3.63, 3.8) is 0 Å². The van der Waals surface area contributed by atoms with Crippen LogP contribution >= 0.6 is 11.6 Å². The predicted octanol–water partition coefficient (Wildman–Crippen LogP) is 5.10. The van der Waals surface area contributed by atoms with Crippen molar-refractivity contribution in [2.24, 2.45) is 5.92 Å². The van der Waals surface area contributed by atoms with E-state index >= 15 is 0 Å². The molecule has 1 N–H and O–H groups in total. The van der Waals surface area contributed by atoms with Crippen molar-refractivity contribution >= 4 is 33.2 Å². The Labute approximate surface area is 184 Å². The van der Waals surface area contributed by atoms with Crippen LogP contribution in [0.2, 0.25) is 5.02 Å². The molecule has 3 rings (SSSR count). The van der Waals surface area contributed by atoms with Crippen LogP contribution in [0.15, 0.2) is 42.5 Å². The zero-order valence-electron chi connectivity index (χ0n) is 17.5. The van der Waals surface area contributed by atoms with Gasteiger partial charge in [0.15, 0.2) is 0 Å². The number of nitrogens with zero attached hydrogens (tertiary/aromatic N) is 1. The molecule has 0 spiro atoms. The molecule has 0 radical (unpaired) electrons. The molecule has 7 heteroatoms. The molecule has 0 unspecified atom stereocenters. The molecule has 1 saturated heterocycles. The van der Waals surface area contributed by atoms with E-state index in [1.807, 2.05) is 56.3 Å². The summed E-state index contributed by atoms with van der Waals surface area (Å²) < 4.78 is 26.2. The topological polar surface area (TPSA) is 66.5 Å². The number of amides is 1. The van der Waals surface area contributed by atoms with Gasteiger partial charge in [-0.25, -0.2) is 12.7 Å². The highest BCUT2D eigenvalue weighted by Crippen LogP contribution is 2.28. The summed E-state index contributed by atoms with van der Waals surface area (Å²) in [5.41, 5.74) is 3.82. The number of unbranched alkanes of at least 4 members (excludes halogenated alkanes) is 1. The van der Waals surface area contributed by atoms with Gasteiger partial charge < -0.3 is 5.32 Å². The number of hydrogen-bond acceptors (Lipinski definition) is 3. The Balaban J connectivity index is 1.60. The Morgan fingerprint density at radius 2 is 1.83 bits per heavy atom. The fourth-order valence-corrected chi connectivity index (χ4v) is 5.61. The smallest absolute Gasteiger partial charge is 0.227 e. The molecule has 0 atom stereocenters. The van der Waals surface area contributed by atoms with Crippen LogP contribution in [0.5, 0.6) is 0 Å². The van der Waals surface area contributed by atoms with Gasteiger partial charge in [0, 0.05) is 29.7 Å². The molecule has 0 aromatic heterocycles. The van der Waals surface area contributed by atoms with E-state index in [-0.39, 0.29) is 17.6 Å². The Kier molecular flexibility index (Phi) is 7.55. The van der Waals surface area contributed by atoms with Gasteiger partial charge in [-0.2, -0.15) is 0 Å². The molecular formula is C23H29ClN2O3S. The second-order valence-corrected chi connectivity index (χ2v) is 10.4. The van der Waals surface area contributed by atoms with Gasteiger partial charge in [0.25, 0.3) is 0 Å². The van der Waals surface area contributed by atoms with E-state index in [2.05, 4.69) is 5.32 Å². The second kappa shape index (κ2) is 9.94. The maximum Gasteiger partial charge on any atom is 0.227 e. The van der Waals surface area contributed by atoms with Gasteiger partial charge in [0.1, 0.15) is 0 Å². The van der Waals surface area contributed by atoms with Crippen molar-refractivity contribution in [3.8, 4) is 11.1 Å². The molecule has 5 nitrogen and oxygen atoms in total. The first kappa shape index (κ1) is 22.8. The highest BCUT2D eigenvalue weighted by atomic mass is 35.5. The number of benzene rings is 2. The van der Waals surface area contributed by atoms with E-state index in [1.165, 1.54) is 4.31 Å². The Morgan fingerprint density at radius 1 is 1.13 bits per heavy atom. The van der Waals surface area contributed by atoms with Crippen molar-refractivity contribution in [2.75, 3.05) is 24.2 Å². The second-order valence-electron chi connectivity index (χ2n) is 7.87. The Bertz CT molecular complexity index is 999. The van der Waals surface area contributed by atoms with Gasteiger partial charge in [-0.1, -0.05) is 43.1 Å². The van der Waals surface area contributed by atoms with E-state index in [9.17, 15) is 13.2 Å². The first-order chi connectivity index (χ1) is 14.3. The zero-order valence-corrected chi connectivity index (χ0v) is 19.1. The first-order valence-electron chi connectivity index (χ1n) is 10.5. The van der Waals surface area contributed by atoms with E-state index in [0.717, 1.165) is 28.8 Å². The van der Waals surface area contributed by atoms with Crippen molar-refractivity contribution in [1.82, 2.24) is 4.31 Å². The number of hydrogen-bond donors (Lipinski definition) is 1. The summed E-state index contributed by atoms with van der Waals surface area (Å²) in [5, 5.41) is 3.71. The summed E-state index contributed by atoms with van der Waals surface area (Å²) in [5.74, 6) is -0.0210. The highest BCUT2D eigenvalue weighted by Gasteiger charge is 2.30. The van der Waals surface area contributed by atoms with Gasteiger partial charge in [-0.05, 0) is 67.1 Å². The van der Waals surface area contributed by atoms with E-state index < -0.39 is 10.0 Å². The maximum absolute atomic E-state index is 12.8. The summed E-state index contributed by atoms with van der Waals surface area (Å²) in [6.45, 7) is 4.77. The molecule has 1 aliphatic heterocycles. The van der Waals surface area contributed by atoms with Gasteiger partial charge in [-0.15, -0.1) is 0 Å². The number of piperidine rings is 1. The van der Waals surface area contributed by atoms with Gasteiger partial charge in [-0.3, -0.25) is 4.79 Å². The molecule has 30 heavy (non-hydrogen) atoms. The van der Waals surface area contributed by atoms with Crippen LogP contribution in [0, 0.1) is 12.8 Å². The SMILES string of the molecule is CCCCS(=O)(=O)N1CCC(C(=O)Nc2ccc(-c3cccc(Cl)c3)cc2C)CC1. The minimum absolute atomic E-state index is 0.0424. The van der Waals surface area contributed by atoms with Crippen LogP contribution in [-0.4, -0.2) is 37.5 Å². The average molecular weight is 449 g/mol. The largest absolute Gasteiger partial charge is 0.326 e. The van der Waals surface area contributed by atoms with Gasteiger partial charge in [0.2, 0.25) is 15.9 Å². The molecule has 1 heterocycles. The normalized spacial score (nSPS) is 15.8. The predicted molar refractivity (Wildman–Crippen MR) is 123 cm³/mol. The first-order valence-corrected chi connectivity index (χ1v) is 12.4. The van der Waals surface area contributed by atoms with Crippen LogP contribution in [0.3, 0.4) is 0 Å². The average Bonchev–Trinajstić information content (AvgIpc) is 2.73. The van der Waals surface area contributed by atoms with Crippen LogP contribution in [0.1, 0.15) is 38.2 Å². The summed E-state index contributed by atoms with van der Waals surface area (Å²) >= 11 is 6.09. The van der Waals surface area contributed by atoms with Gasteiger partial charge in [0.05, 0.1) is 5.75 Å². The number of sulfonamides is 1. The summed E-state index contributed by atoms with van der Waals surface area (Å²) in [4.78, 5) is 12.8. The number of carbonyl (C=O) groups is 1. The zero-order chi connectivity index (χ0) is 21.7. The van der Waals surface area contributed by atoms with Crippen molar-refractivity contribution in [3.05, 3.63) is 53.1 Å². The standard InChI is InChI=1S/C23H29ClN2O3S/c1-3-4-14-30(28,29)26-12-10-18(11-13-26)23(27)25-22-9-8-20(15-17(22)2)19-6-5-7-21(24)16-19/h5-9,15-16,18H,3-4,10-14H2,1-2H3,(H,25,27). The molecule has 2 aromatic rings. The van der Waals surface area contributed by atoms with Crippen LogP contribution < -0.4 is 5.32 Å². The molecule has 2 aromatic carbocycles. The quantitative estimate of drug-likeness (QED) is 0.641. The third-order valence-electron chi connectivity index (χ3n) is 5.62. The summed E-state index contributed by atoms with van der Waals surface area (Å²) in [6, 6.07) is 13.6. The lowest BCUT2D eigenvalue weighted by atomic mass is 9.96. The Morgan fingerprint density at radius 3 is 2.47 bits per heavy atom. The molecule has 0 aliphatic carbocycles. The molecule has 1 fully saturated rings. The summed E-state index contributed by atoms with van der Waals surface area (Å²) in [7, 11) is -3.20. The number of carbonyl (C=O) groups excluding carboxylic acids is 1. The van der Waals surface area contributed by atoms with Crippen molar-refractivity contribution in [1.29, 1.82) is 0 Å². The third kappa shape index (κ3) is 5.62. The van der Waals surface area contributed by atoms with Crippen LogP contribution in [0.25, 0.3) is 11.1 Å². The van der Waals surface area contributed by atoms with E-state index in [1.54, 1.807) is 0 Å². The number of halogens is 1. The molecule has 162 valence electrons. The molecule has 1 aliphatic rings. The lowest BCUT2D eigenvalue weighted by molar-refractivity contribution is -0.120. The monoisotopic (exact) mass is 448 g/mol. The fourth-order valence-electron chi connectivity index (χ4n) is 3.74. The number of aryl methyl sites for hydroxylation is 1. The number of rotatable bonds is 7. The lowest BCUT2D eigenvalue weighted by Crippen LogP contribution is -2.42. The van der Waals surface area contributed by atoms with E-state index in [0.29, 0.717) is 37.4 Å². The Hall–Kier alpha value is -1.89. The van der Waals surface area contributed by atoms with E-state index in [4.69, 9.17) is 11.6 Å². The number of anilines is 1. The summed E-state index contributed by atoms with van der Waals surface area (Å²) in [6.07, 6.45) is 2.63. The molecular weight excluding hydrogens is 420 g/mol. The minimum Gasteiger partial charge on any atom is -0.326 e. The van der Waals surface area contributed by atoms with Crippen molar-refractivity contribution in [2.45, 2.75) is 39.5 Å². The lowest BCUT2D eigenvalue weighted by Gasteiger charge is -2.30. The minimum atomic E-state index is -3.20. The van der Waals surface area contributed by atoms with Crippen molar-refractivity contribution < 1.29 is 13.2 Å². The van der Waals surface area contributed by atoms with Gasteiger partial charge >= 0.3 is 0 Å². The molecule has 0 bridgehead atoms. The van der Waals surface area contributed by atoms with Crippen LogP contribution in [-0.2, 0) is 14.8 Å². The third-order valence-corrected chi connectivity index (χ3v) is 7.81. The van der Waals surface area contributed by atoms with Crippen LogP contribution in [0.4, 0.5) is 5.69 Å². The number of nitrogens with one attached hydrogen (secondary N) is 1. The molecule has 0 saturated carbocycles. The maximum atomic E-state index is 12.8. The fraction of sp³-hybridized carbons (Fsp3) is 0.435.